The van der Waals surface area contributed by atoms with Gasteiger partial charge in [-0.1, -0.05) is 0 Å². The highest BCUT2D eigenvalue weighted by Gasteiger charge is 2.18. The first-order valence-electron chi connectivity index (χ1n) is 5.97. The molecule has 0 spiro atoms. The van der Waals surface area contributed by atoms with Crippen molar-refractivity contribution in [3.63, 3.8) is 0 Å². The van der Waals surface area contributed by atoms with E-state index in [9.17, 15) is 14.5 Å². The number of non-ortho nitro benzene ring substituents is 1. The molecule has 18 heavy (non-hydrogen) atoms. The second-order valence-corrected chi connectivity index (χ2v) is 4.65. The van der Waals surface area contributed by atoms with Crippen molar-refractivity contribution in [2.24, 2.45) is 5.73 Å². The van der Waals surface area contributed by atoms with Crippen LogP contribution in [0, 0.1) is 15.9 Å². The molecular weight excluding hydrogens is 237 g/mol. The van der Waals surface area contributed by atoms with Gasteiger partial charge in [-0.3, -0.25) is 15.0 Å². The third-order valence-electron chi connectivity index (χ3n) is 3.27. The Morgan fingerprint density at radius 3 is 2.67 bits per heavy atom. The molecule has 2 rings (SSSR count). The van der Waals surface area contributed by atoms with E-state index in [1.165, 1.54) is 12.1 Å². The van der Waals surface area contributed by atoms with Gasteiger partial charge in [-0.05, 0) is 32.0 Å². The van der Waals surface area contributed by atoms with Crippen LogP contribution < -0.4 is 5.73 Å². The van der Waals surface area contributed by atoms with E-state index in [-0.39, 0.29) is 11.7 Å². The van der Waals surface area contributed by atoms with Crippen LogP contribution in [0.15, 0.2) is 18.2 Å². The van der Waals surface area contributed by atoms with Crippen molar-refractivity contribution in [2.45, 2.75) is 25.4 Å². The molecule has 5 nitrogen and oxygen atoms in total. The zero-order valence-corrected chi connectivity index (χ0v) is 10.0. The quantitative estimate of drug-likeness (QED) is 0.656. The van der Waals surface area contributed by atoms with Crippen LogP contribution in [0.4, 0.5) is 10.1 Å². The standard InChI is InChI=1S/C12H16FN3O2/c13-12-7-11(16(17)18)2-1-9(12)8-15-5-3-10(14)4-6-15/h1-2,7,10H,3-6,8,14H2. The van der Waals surface area contributed by atoms with Gasteiger partial charge in [-0.2, -0.15) is 0 Å². The second-order valence-electron chi connectivity index (χ2n) is 4.65. The Hall–Kier alpha value is -1.53. The molecule has 1 saturated heterocycles. The predicted octanol–water partition coefficient (Wildman–Crippen LogP) is 1.66. The molecule has 0 aliphatic carbocycles. The zero-order chi connectivity index (χ0) is 13.1. The number of piperidine rings is 1. The number of hydrogen-bond donors (Lipinski definition) is 1. The Balaban J connectivity index is 2.03. The van der Waals surface area contributed by atoms with Gasteiger partial charge in [-0.15, -0.1) is 0 Å². The minimum Gasteiger partial charge on any atom is -0.328 e. The molecule has 1 aromatic carbocycles. The summed E-state index contributed by atoms with van der Waals surface area (Å²) in [6, 6.07) is 4.05. The molecule has 1 aliphatic rings. The van der Waals surface area contributed by atoms with Crippen LogP contribution in [0.1, 0.15) is 18.4 Å². The lowest BCUT2D eigenvalue weighted by molar-refractivity contribution is -0.385. The van der Waals surface area contributed by atoms with E-state index in [4.69, 9.17) is 5.73 Å². The summed E-state index contributed by atoms with van der Waals surface area (Å²) in [4.78, 5) is 12.0. The van der Waals surface area contributed by atoms with Crippen LogP contribution in [0.25, 0.3) is 0 Å². The summed E-state index contributed by atoms with van der Waals surface area (Å²) in [6.07, 6.45) is 1.82. The van der Waals surface area contributed by atoms with E-state index in [0.29, 0.717) is 12.1 Å². The number of hydrogen-bond acceptors (Lipinski definition) is 4. The van der Waals surface area contributed by atoms with Crippen molar-refractivity contribution >= 4 is 5.69 Å². The Morgan fingerprint density at radius 1 is 1.44 bits per heavy atom. The number of nitro benzene ring substituents is 1. The van der Waals surface area contributed by atoms with E-state index in [1.807, 2.05) is 0 Å². The zero-order valence-electron chi connectivity index (χ0n) is 10.0. The van der Waals surface area contributed by atoms with Crippen LogP contribution in [0.3, 0.4) is 0 Å². The van der Waals surface area contributed by atoms with Gasteiger partial charge in [0, 0.05) is 24.2 Å². The molecule has 0 atom stereocenters. The molecule has 1 heterocycles. The minimum atomic E-state index is -0.591. The van der Waals surface area contributed by atoms with Gasteiger partial charge in [0.1, 0.15) is 5.82 Å². The first-order valence-corrected chi connectivity index (χ1v) is 5.97. The molecule has 0 unspecified atom stereocenters. The third-order valence-corrected chi connectivity index (χ3v) is 3.27. The third kappa shape index (κ3) is 3.02. The van der Waals surface area contributed by atoms with Crippen molar-refractivity contribution in [1.82, 2.24) is 4.90 Å². The summed E-state index contributed by atoms with van der Waals surface area (Å²) in [7, 11) is 0. The SMILES string of the molecule is NC1CCN(Cc2ccc([N+](=O)[O-])cc2F)CC1. The average Bonchev–Trinajstić information content (AvgIpc) is 2.34. The Kier molecular flexibility index (Phi) is 3.88. The molecule has 1 fully saturated rings. The molecule has 0 saturated carbocycles. The van der Waals surface area contributed by atoms with Crippen LogP contribution in [-0.4, -0.2) is 29.0 Å². The normalized spacial score (nSPS) is 17.9. The summed E-state index contributed by atoms with van der Waals surface area (Å²) < 4.78 is 13.7. The lowest BCUT2D eigenvalue weighted by Crippen LogP contribution is -2.39. The second kappa shape index (κ2) is 5.41. The first kappa shape index (κ1) is 12.9. The molecule has 0 aromatic heterocycles. The molecule has 0 radical (unpaired) electrons. The summed E-state index contributed by atoms with van der Waals surface area (Å²) >= 11 is 0. The van der Waals surface area contributed by atoms with Gasteiger partial charge in [0.2, 0.25) is 0 Å². The van der Waals surface area contributed by atoms with E-state index in [2.05, 4.69) is 4.90 Å². The lowest BCUT2D eigenvalue weighted by atomic mass is 10.1. The number of nitro groups is 1. The maximum absolute atomic E-state index is 13.7. The highest BCUT2D eigenvalue weighted by molar-refractivity contribution is 5.34. The van der Waals surface area contributed by atoms with E-state index < -0.39 is 10.7 Å². The van der Waals surface area contributed by atoms with E-state index in [0.717, 1.165) is 32.0 Å². The largest absolute Gasteiger partial charge is 0.328 e. The monoisotopic (exact) mass is 253 g/mol. The van der Waals surface area contributed by atoms with Crippen molar-refractivity contribution in [2.75, 3.05) is 13.1 Å². The van der Waals surface area contributed by atoms with Crippen LogP contribution in [0.2, 0.25) is 0 Å². The Bertz CT molecular complexity index is 445. The molecule has 98 valence electrons. The van der Waals surface area contributed by atoms with Gasteiger partial charge < -0.3 is 5.73 Å². The fraction of sp³-hybridized carbons (Fsp3) is 0.500. The number of rotatable bonds is 3. The van der Waals surface area contributed by atoms with Crippen molar-refractivity contribution in [3.05, 3.63) is 39.7 Å². The van der Waals surface area contributed by atoms with E-state index >= 15 is 0 Å². The van der Waals surface area contributed by atoms with Gasteiger partial charge in [0.15, 0.2) is 0 Å². The molecule has 0 bridgehead atoms. The summed E-state index contributed by atoms with van der Waals surface area (Å²) in [5.41, 5.74) is 6.08. The maximum Gasteiger partial charge on any atom is 0.272 e. The van der Waals surface area contributed by atoms with Crippen LogP contribution >= 0.6 is 0 Å². The fourth-order valence-electron chi connectivity index (χ4n) is 2.13. The number of likely N-dealkylation sites (tertiary alicyclic amines) is 1. The molecular formula is C12H16FN3O2. The average molecular weight is 253 g/mol. The number of benzene rings is 1. The minimum absolute atomic E-state index is 0.211. The fourth-order valence-corrected chi connectivity index (χ4v) is 2.13. The first-order chi connectivity index (χ1) is 8.56. The number of nitrogens with two attached hydrogens (primary N) is 1. The van der Waals surface area contributed by atoms with Crippen molar-refractivity contribution in [3.8, 4) is 0 Å². The van der Waals surface area contributed by atoms with E-state index in [1.54, 1.807) is 0 Å². The molecule has 2 N–H and O–H groups in total. The lowest BCUT2D eigenvalue weighted by Gasteiger charge is -2.30. The Labute approximate surface area is 105 Å². The van der Waals surface area contributed by atoms with Crippen molar-refractivity contribution < 1.29 is 9.31 Å². The molecule has 1 aromatic rings. The van der Waals surface area contributed by atoms with Gasteiger partial charge >= 0.3 is 0 Å². The maximum atomic E-state index is 13.7. The molecule has 6 heteroatoms. The smallest absolute Gasteiger partial charge is 0.272 e. The molecule has 1 aliphatic heterocycles. The van der Waals surface area contributed by atoms with Gasteiger partial charge in [0.25, 0.3) is 5.69 Å². The summed E-state index contributed by atoms with van der Waals surface area (Å²) in [5.74, 6) is -0.515. The number of halogens is 1. The molecule has 0 amide bonds. The van der Waals surface area contributed by atoms with Crippen LogP contribution in [0.5, 0.6) is 0 Å². The number of nitrogens with zero attached hydrogens (tertiary/aromatic N) is 2. The summed E-state index contributed by atoms with van der Waals surface area (Å²) in [5, 5.41) is 10.5. The predicted molar refractivity (Wildman–Crippen MR) is 65.5 cm³/mol. The highest BCUT2D eigenvalue weighted by Crippen LogP contribution is 2.19. The highest BCUT2D eigenvalue weighted by atomic mass is 19.1. The van der Waals surface area contributed by atoms with Crippen molar-refractivity contribution in [1.29, 1.82) is 0 Å². The topological polar surface area (TPSA) is 72.4 Å². The Morgan fingerprint density at radius 2 is 2.11 bits per heavy atom. The van der Waals surface area contributed by atoms with Crippen LogP contribution in [-0.2, 0) is 6.54 Å². The summed E-state index contributed by atoms with van der Waals surface area (Å²) in [6.45, 7) is 2.17. The van der Waals surface area contributed by atoms with Gasteiger partial charge in [-0.25, -0.2) is 4.39 Å². The van der Waals surface area contributed by atoms with Gasteiger partial charge in [0.05, 0.1) is 11.0 Å².